The number of nitrogens with two attached hydrogens (primary N) is 1. The Hall–Kier alpha value is -3.85. The van der Waals surface area contributed by atoms with Gasteiger partial charge in [-0.15, -0.1) is 0 Å². The topological polar surface area (TPSA) is 120 Å². The number of nitrogen functional groups attached to an aromatic ring is 1. The molecule has 0 saturated heterocycles. The van der Waals surface area contributed by atoms with Gasteiger partial charge >= 0.3 is 0 Å². The Kier molecular flexibility index (Phi) is 7.34. The molecule has 4 rings (SSSR count). The summed E-state index contributed by atoms with van der Waals surface area (Å²) in [5, 5.41) is 15.9. The van der Waals surface area contributed by atoms with Gasteiger partial charge in [-0.05, 0) is 36.4 Å². The summed E-state index contributed by atoms with van der Waals surface area (Å²) in [4.78, 5) is 14.8. The van der Waals surface area contributed by atoms with E-state index in [0.29, 0.717) is 18.0 Å². The molecule has 2 heterocycles. The van der Waals surface area contributed by atoms with Gasteiger partial charge in [0.15, 0.2) is 0 Å². The maximum atomic E-state index is 10.4. The van der Waals surface area contributed by atoms with E-state index in [1.54, 1.807) is 12.4 Å². The van der Waals surface area contributed by atoms with Crippen LogP contribution in [0, 0.1) is 0 Å². The van der Waals surface area contributed by atoms with Crippen LogP contribution in [0.5, 0.6) is 5.75 Å². The number of ether oxygens (including phenoxy) is 1. The fourth-order valence-corrected chi connectivity index (χ4v) is 3.10. The lowest BCUT2D eigenvalue weighted by Gasteiger charge is -2.13. The van der Waals surface area contributed by atoms with Crippen molar-refractivity contribution < 1.29 is 14.6 Å². The maximum Gasteiger partial charge on any atom is 0.235 e. The predicted molar refractivity (Wildman–Crippen MR) is 131 cm³/mol. The van der Waals surface area contributed by atoms with Crippen molar-refractivity contribution in [2.24, 2.45) is 0 Å². The average Bonchev–Trinajstić information content (AvgIpc) is 3.41. The van der Waals surface area contributed by atoms with E-state index in [2.05, 4.69) is 15.4 Å². The number of benzene rings is 2. The van der Waals surface area contributed by atoms with Crippen molar-refractivity contribution in [3.05, 3.63) is 60.6 Å². The molecule has 4 N–H and O–H groups in total. The largest absolute Gasteiger partial charge is 0.491 e. The van der Waals surface area contributed by atoms with E-state index in [0.717, 1.165) is 32.8 Å². The van der Waals surface area contributed by atoms with Gasteiger partial charge in [0.1, 0.15) is 24.5 Å². The maximum absolute atomic E-state index is 10.4. The molecule has 0 atom stereocenters. The molecule has 0 bridgehead atoms. The Balaban J connectivity index is 0.000000218. The zero-order chi connectivity index (χ0) is 24.0. The first-order valence-electron chi connectivity index (χ1n) is 10.6. The van der Waals surface area contributed by atoms with E-state index in [4.69, 9.17) is 15.6 Å². The monoisotopic (exact) mass is 450 g/mol. The van der Waals surface area contributed by atoms with Gasteiger partial charge in [-0.1, -0.05) is 20.8 Å². The number of hydrogen-bond donors (Lipinski definition) is 3. The molecule has 0 unspecified atom stereocenters. The molecule has 0 aliphatic rings. The number of nitrogens with one attached hydrogen (secondary N) is 1. The third-order valence-corrected chi connectivity index (χ3v) is 4.95. The molecule has 0 aliphatic heterocycles. The molecule has 174 valence electrons. The number of nitrogens with zero attached hydrogens (tertiary/aromatic N) is 4. The zero-order valence-electron chi connectivity index (χ0n) is 19.3. The van der Waals surface area contributed by atoms with Crippen molar-refractivity contribution in [1.29, 1.82) is 0 Å². The summed E-state index contributed by atoms with van der Waals surface area (Å²) in [7, 11) is 1.90. The van der Waals surface area contributed by atoms with Crippen LogP contribution in [-0.4, -0.2) is 51.1 Å². The van der Waals surface area contributed by atoms with Gasteiger partial charge in [0.2, 0.25) is 6.41 Å². The summed E-state index contributed by atoms with van der Waals surface area (Å²) >= 11 is 0. The van der Waals surface area contributed by atoms with Gasteiger partial charge in [0, 0.05) is 36.0 Å². The van der Waals surface area contributed by atoms with Crippen LogP contribution in [0.25, 0.3) is 16.7 Å². The number of fused-ring (bicyclic) bond motifs is 1. The number of aliphatic hydroxyl groups excluding tert-OH is 1. The lowest BCUT2D eigenvalue weighted by atomic mass is 9.92. The Bertz CT molecular complexity index is 1210. The van der Waals surface area contributed by atoms with Crippen LogP contribution < -0.4 is 15.8 Å². The lowest BCUT2D eigenvalue weighted by molar-refractivity contribution is 0.201. The second kappa shape index (κ2) is 10.2. The minimum atomic E-state index is -0.0671. The second-order valence-corrected chi connectivity index (χ2v) is 8.39. The molecule has 2 aromatic heterocycles. The van der Waals surface area contributed by atoms with Gasteiger partial charge in [-0.3, -0.25) is 9.36 Å². The Labute approximate surface area is 192 Å². The van der Waals surface area contributed by atoms with E-state index < -0.39 is 0 Å². The van der Waals surface area contributed by atoms with Crippen LogP contribution in [0.1, 0.15) is 26.5 Å². The standard InChI is InChI=1S/C16H17N3O2.C8H13N3O/c1-17-12-2-4-13(5-3-12)19-11-18-15-10-14(21-9-8-20)6-7-16(15)19;1-8(2,3)6-4-7(9)11(5-12)10-6/h2-7,10-11,17,20H,8-9H2,1H3;4-5H,9H2,1-3H3. The van der Waals surface area contributed by atoms with E-state index in [1.165, 1.54) is 0 Å². The lowest BCUT2D eigenvalue weighted by Crippen LogP contribution is -2.12. The molecule has 4 aromatic rings. The molecule has 9 heteroatoms. The number of rotatable bonds is 6. The Morgan fingerprint density at radius 2 is 1.88 bits per heavy atom. The number of aromatic nitrogens is 4. The number of carbonyl (C=O) groups excluding carboxylic acids is 1. The fraction of sp³-hybridized carbons (Fsp3) is 0.292. The first-order valence-corrected chi connectivity index (χ1v) is 10.6. The van der Waals surface area contributed by atoms with Crippen molar-refractivity contribution in [2.75, 3.05) is 31.3 Å². The van der Waals surface area contributed by atoms with E-state index >= 15 is 0 Å². The minimum Gasteiger partial charge on any atom is -0.491 e. The SMILES string of the molecule is CC(C)(C)c1cc(N)n(C=O)n1.CNc1ccc(-n2cnc3cc(OCCO)ccc32)cc1. The summed E-state index contributed by atoms with van der Waals surface area (Å²) in [5.41, 5.74) is 10.3. The third-order valence-electron chi connectivity index (χ3n) is 4.95. The van der Waals surface area contributed by atoms with Crippen molar-refractivity contribution in [3.63, 3.8) is 0 Å². The molecule has 0 aliphatic carbocycles. The third kappa shape index (κ3) is 5.69. The Morgan fingerprint density at radius 3 is 2.42 bits per heavy atom. The first kappa shape index (κ1) is 23.8. The molecule has 0 radical (unpaired) electrons. The number of anilines is 2. The number of aliphatic hydroxyl groups is 1. The Morgan fingerprint density at radius 1 is 1.15 bits per heavy atom. The number of carbonyl (C=O) groups is 1. The van der Waals surface area contributed by atoms with Gasteiger partial charge in [-0.25, -0.2) is 4.98 Å². The smallest absolute Gasteiger partial charge is 0.235 e. The highest BCUT2D eigenvalue weighted by atomic mass is 16.5. The molecule has 0 spiro atoms. The molecule has 0 amide bonds. The summed E-state index contributed by atoms with van der Waals surface area (Å²) < 4.78 is 8.57. The van der Waals surface area contributed by atoms with Crippen LogP contribution in [0.4, 0.5) is 11.5 Å². The minimum absolute atomic E-state index is 0.00426. The highest BCUT2D eigenvalue weighted by Gasteiger charge is 2.18. The van der Waals surface area contributed by atoms with Crippen LogP contribution in [0.2, 0.25) is 0 Å². The van der Waals surface area contributed by atoms with Crippen molar-refractivity contribution in [3.8, 4) is 11.4 Å². The zero-order valence-corrected chi connectivity index (χ0v) is 19.3. The average molecular weight is 451 g/mol. The molecular formula is C24H30N6O3. The number of hydrogen-bond acceptors (Lipinski definition) is 7. The highest BCUT2D eigenvalue weighted by Crippen LogP contribution is 2.24. The molecule has 0 saturated carbocycles. The summed E-state index contributed by atoms with van der Waals surface area (Å²) in [6.45, 7) is 6.35. The predicted octanol–water partition coefficient (Wildman–Crippen LogP) is 3.24. The number of imidazole rings is 1. The van der Waals surface area contributed by atoms with Gasteiger partial charge in [-0.2, -0.15) is 9.78 Å². The summed E-state index contributed by atoms with van der Waals surface area (Å²) in [5.74, 6) is 1.10. The first-order chi connectivity index (χ1) is 15.8. The molecule has 2 aromatic carbocycles. The summed E-state index contributed by atoms with van der Waals surface area (Å²) in [6.07, 6.45) is 2.40. The quantitative estimate of drug-likeness (QED) is 0.386. The van der Waals surface area contributed by atoms with Gasteiger partial charge in [0.05, 0.1) is 23.3 Å². The second-order valence-electron chi connectivity index (χ2n) is 8.39. The van der Waals surface area contributed by atoms with E-state index in [-0.39, 0.29) is 18.6 Å². The van der Waals surface area contributed by atoms with Crippen molar-refractivity contribution in [2.45, 2.75) is 26.2 Å². The van der Waals surface area contributed by atoms with Crippen LogP contribution in [-0.2, 0) is 10.2 Å². The summed E-state index contributed by atoms with van der Waals surface area (Å²) in [6, 6.07) is 15.6. The normalized spacial score (nSPS) is 11.1. The molecule has 0 fully saturated rings. The molecule has 9 nitrogen and oxygen atoms in total. The molecular weight excluding hydrogens is 420 g/mol. The van der Waals surface area contributed by atoms with Gasteiger partial charge < -0.3 is 20.9 Å². The molecule has 33 heavy (non-hydrogen) atoms. The van der Waals surface area contributed by atoms with Crippen molar-refractivity contribution >= 4 is 28.9 Å². The fourth-order valence-electron chi connectivity index (χ4n) is 3.10. The highest BCUT2D eigenvalue weighted by molar-refractivity contribution is 5.79. The van der Waals surface area contributed by atoms with Gasteiger partial charge in [0.25, 0.3) is 0 Å². The van der Waals surface area contributed by atoms with Crippen LogP contribution >= 0.6 is 0 Å². The van der Waals surface area contributed by atoms with Crippen molar-refractivity contribution in [1.82, 2.24) is 19.3 Å². The van der Waals surface area contributed by atoms with Crippen LogP contribution in [0.3, 0.4) is 0 Å². The van der Waals surface area contributed by atoms with E-state index in [9.17, 15) is 4.79 Å². The van der Waals surface area contributed by atoms with Crippen LogP contribution in [0.15, 0.2) is 54.9 Å². The van der Waals surface area contributed by atoms with E-state index in [1.807, 2.05) is 74.9 Å².